The molecule has 5 nitrogen and oxygen atoms in total. The Morgan fingerprint density at radius 2 is 2.18 bits per heavy atom. The van der Waals surface area contributed by atoms with Crippen LogP contribution in [0.4, 0.5) is 0 Å². The predicted molar refractivity (Wildman–Crippen MR) is 84.7 cm³/mol. The van der Waals surface area contributed by atoms with Gasteiger partial charge in [-0.3, -0.25) is 4.79 Å². The summed E-state index contributed by atoms with van der Waals surface area (Å²) in [5.41, 5.74) is 3.42. The molecular weight excluding hydrogens is 298 g/mol. The zero-order chi connectivity index (χ0) is 14.9. The van der Waals surface area contributed by atoms with Crippen molar-refractivity contribution >= 4 is 17.2 Å². The topological polar surface area (TPSA) is 62.1 Å². The number of amides is 1. The van der Waals surface area contributed by atoms with Crippen LogP contribution in [0.2, 0.25) is 0 Å². The van der Waals surface area contributed by atoms with Gasteiger partial charge in [-0.2, -0.15) is 0 Å². The first-order valence-electron chi connectivity index (χ1n) is 7.27. The lowest BCUT2D eigenvalue weighted by Crippen LogP contribution is -2.27. The van der Waals surface area contributed by atoms with E-state index >= 15 is 0 Å². The van der Waals surface area contributed by atoms with Gasteiger partial charge in [-0.1, -0.05) is 0 Å². The van der Waals surface area contributed by atoms with E-state index in [1.807, 2.05) is 28.6 Å². The average molecular weight is 313 g/mol. The summed E-state index contributed by atoms with van der Waals surface area (Å²) in [6.45, 7) is 1.71. The van der Waals surface area contributed by atoms with Crippen LogP contribution in [0.25, 0.3) is 21.8 Å². The Balaban J connectivity index is 1.57. The zero-order valence-corrected chi connectivity index (χ0v) is 12.7. The molecule has 1 aliphatic heterocycles. The zero-order valence-electron chi connectivity index (χ0n) is 11.9. The molecule has 0 aromatic carbocycles. The van der Waals surface area contributed by atoms with E-state index in [0.717, 1.165) is 47.8 Å². The molecule has 0 bridgehead atoms. The Hall–Kier alpha value is -2.34. The van der Waals surface area contributed by atoms with Crippen LogP contribution in [0.3, 0.4) is 0 Å². The third-order valence-corrected chi connectivity index (χ3v) is 4.77. The van der Waals surface area contributed by atoms with Gasteiger partial charge in [-0.15, -0.1) is 11.3 Å². The van der Waals surface area contributed by atoms with E-state index in [1.54, 1.807) is 23.9 Å². The largest absolute Gasteiger partial charge is 0.472 e. The molecule has 0 atom stereocenters. The van der Waals surface area contributed by atoms with Gasteiger partial charge in [0.25, 0.3) is 5.91 Å². The summed E-state index contributed by atoms with van der Waals surface area (Å²) in [5, 5.41) is 2.91. The van der Waals surface area contributed by atoms with Crippen LogP contribution in [0, 0.1) is 0 Å². The summed E-state index contributed by atoms with van der Waals surface area (Å²) in [6, 6.07) is 3.77. The van der Waals surface area contributed by atoms with Gasteiger partial charge in [0.1, 0.15) is 17.0 Å². The number of carbonyl (C=O) groups excluding carboxylic acids is 1. The van der Waals surface area contributed by atoms with Crippen LogP contribution in [-0.2, 0) is 0 Å². The number of nitrogens with one attached hydrogen (secondary N) is 1. The fourth-order valence-corrected chi connectivity index (χ4v) is 3.50. The van der Waals surface area contributed by atoms with E-state index < -0.39 is 0 Å². The third kappa shape index (κ3) is 2.35. The molecule has 112 valence electrons. The lowest BCUT2D eigenvalue weighted by Gasteiger charge is -2.13. The van der Waals surface area contributed by atoms with E-state index in [-0.39, 0.29) is 5.91 Å². The maximum Gasteiger partial charge on any atom is 0.270 e. The molecule has 1 saturated heterocycles. The average Bonchev–Trinajstić information content (AvgIpc) is 3.35. The Morgan fingerprint density at radius 3 is 2.95 bits per heavy atom. The van der Waals surface area contributed by atoms with Crippen molar-refractivity contribution in [3.05, 3.63) is 41.9 Å². The van der Waals surface area contributed by atoms with Crippen molar-refractivity contribution in [1.82, 2.24) is 14.9 Å². The number of nitrogens with zero attached hydrogens (tertiary/aromatic N) is 2. The number of hydrogen-bond donors (Lipinski definition) is 1. The highest BCUT2D eigenvalue weighted by Gasteiger charge is 2.21. The standard InChI is InChI=1S/C16H15N3O2S/c20-16(19-4-1-2-5-19)13-7-12(8-17-13)14-10-22-15(18-14)11-3-6-21-9-11/h3,6-10,17H,1-2,4-5H2. The Bertz CT molecular complexity index is 782. The normalized spacial score (nSPS) is 14.6. The van der Waals surface area contributed by atoms with Crippen molar-refractivity contribution in [1.29, 1.82) is 0 Å². The SMILES string of the molecule is O=C(c1cc(-c2csc(-c3ccoc3)n2)c[nH]1)N1CCCC1. The van der Waals surface area contributed by atoms with E-state index in [2.05, 4.69) is 9.97 Å². The Morgan fingerprint density at radius 1 is 1.32 bits per heavy atom. The second-order valence-electron chi connectivity index (χ2n) is 5.35. The first-order chi connectivity index (χ1) is 10.8. The molecule has 0 aliphatic carbocycles. The number of carbonyl (C=O) groups is 1. The summed E-state index contributed by atoms with van der Waals surface area (Å²) in [5.74, 6) is 0.0778. The number of thiazole rings is 1. The first-order valence-corrected chi connectivity index (χ1v) is 8.15. The molecule has 1 fully saturated rings. The molecule has 3 aromatic heterocycles. The van der Waals surface area contributed by atoms with Crippen molar-refractivity contribution in [3.63, 3.8) is 0 Å². The molecule has 1 aliphatic rings. The van der Waals surface area contributed by atoms with Crippen molar-refractivity contribution in [2.24, 2.45) is 0 Å². The molecule has 0 saturated carbocycles. The molecule has 22 heavy (non-hydrogen) atoms. The summed E-state index contributed by atoms with van der Waals surface area (Å²) in [7, 11) is 0. The Labute approximate surface area is 131 Å². The number of furan rings is 1. The molecule has 1 amide bonds. The van der Waals surface area contributed by atoms with Crippen molar-refractivity contribution in [3.8, 4) is 21.8 Å². The summed E-state index contributed by atoms with van der Waals surface area (Å²) in [4.78, 5) is 21.9. The number of rotatable bonds is 3. The smallest absolute Gasteiger partial charge is 0.270 e. The van der Waals surface area contributed by atoms with Gasteiger partial charge in [-0.05, 0) is 25.0 Å². The van der Waals surface area contributed by atoms with Crippen LogP contribution in [-0.4, -0.2) is 33.9 Å². The number of aromatic nitrogens is 2. The van der Waals surface area contributed by atoms with E-state index in [4.69, 9.17) is 4.42 Å². The van der Waals surface area contributed by atoms with Gasteiger partial charge in [0, 0.05) is 35.8 Å². The van der Waals surface area contributed by atoms with Crippen LogP contribution in [0.1, 0.15) is 23.3 Å². The first kappa shape index (κ1) is 13.3. The second kappa shape index (κ2) is 5.46. The fourth-order valence-electron chi connectivity index (χ4n) is 2.68. The highest BCUT2D eigenvalue weighted by molar-refractivity contribution is 7.13. The van der Waals surface area contributed by atoms with E-state index in [0.29, 0.717) is 5.69 Å². The monoisotopic (exact) mass is 313 g/mol. The van der Waals surface area contributed by atoms with Crippen LogP contribution >= 0.6 is 11.3 Å². The van der Waals surface area contributed by atoms with Crippen LogP contribution < -0.4 is 0 Å². The van der Waals surface area contributed by atoms with Crippen molar-refractivity contribution < 1.29 is 9.21 Å². The lowest BCUT2D eigenvalue weighted by atomic mass is 10.2. The second-order valence-corrected chi connectivity index (χ2v) is 6.21. The van der Waals surface area contributed by atoms with Gasteiger partial charge in [-0.25, -0.2) is 4.98 Å². The highest BCUT2D eigenvalue weighted by atomic mass is 32.1. The summed E-state index contributed by atoms with van der Waals surface area (Å²) < 4.78 is 5.09. The van der Waals surface area contributed by atoms with Crippen molar-refractivity contribution in [2.45, 2.75) is 12.8 Å². The fraction of sp³-hybridized carbons (Fsp3) is 0.250. The summed E-state index contributed by atoms with van der Waals surface area (Å²) >= 11 is 1.56. The molecule has 3 aromatic rings. The maximum atomic E-state index is 12.3. The number of aromatic amines is 1. The molecule has 4 heterocycles. The number of H-pyrrole nitrogens is 1. The molecular formula is C16H15N3O2S. The summed E-state index contributed by atoms with van der Waals surface area (Å²) in [6.07, 6.45) is 7.36. The lowest BCUT2D eigenvalue weighted by molar-refractivity contribution is 0.0788. The molecule has 6 heteroatoms. The van der Waals surface area contributed by atoms with Crippen LogP contribution in [0.15, 0.2) is 40.7 Å². The van der Waals surface area contributed by atoms with E-state index in [1.165, 1.54) is 0 Å². The van der Waals surface area contributed by atoms with Gasteiger partial charge < -0.3 is 14.3 Å². The highest BCUT2D eigenvalue weighted by Crippen LogP contribution is 2.29. The third-order valence-electron chi connectivity index (χ3n) is 3.87. The molecule has 0 spiro atoms. The minimum Gasteiger partial charge on any atom is -0.472 e. The molecule has 4 rings (SSSR count). The van der Waals surface area contributed by atoms with Gasteiger partial charge >= 0.3 is 0 Å². The van der Waals surface area contributed by atoms with Gasteiger partial charge in [0.05, 0.1) is 12.0 Å². The number of likely N-dealkylation sites (tertiary alicyclic amines) is 1. The molecule has 0 radical (unpaired) electrons. The molecule has 1 N–H and O–H groups in total. The van der Waals surface area contributed by atoms with E-state index in [9.17, 15) is 4.79 Å². The number of hydrogen-bond acceptors (Lipinski definition) is 4. The van der Waals surface area contributed by atoms with Gasteiger partial charge in [0.15, 0.2) is 0 Å². The van der Waals surface area contributed by atoms with Gasteiger partial charge in [0.2, 0.25) is 0 Å². The quantitative estimate of drug-likeness (QED) is 0.803. The maximum absolute atomic E-state index is 12.3. The predicted octanol–water partition coefficient (Wildman–Crippen LogP) is 3.63. The minimum atomic E-state index is 0.0778. The van der Waals surface area contributed by atoms with Crippen molar-refractivity contribution in [2.75, 3.05) is 13.1 Å². The molecule has 0 unspecified atom stereocenters. The Kier molecular flexibility index (Phi) is 3.31. The minimum absolute atomic E-state index is 0.0778. The van der Waals surface area contributed by atoms with Crippen LogP contribution in [0.5, 0.6) is 0 Å².